The Morgan fingerprint density at radius 1 is 0.581 bits per heavy atom. The molecule has 0 aromatic carbocycles. The van der Waals surface area contributed by atoms with E-state index in [0.717, 1.165) is 135 Å². The lowest BCUT2D eigenvalue weighted by Gasteiger charge is -2.45. The van der Waals surface area contributed by atoms with Crippen LogP contribution >= 0.6 is 0 Å². The molecule has 0 spiro atoms. The van der Waals surface area contributed by atoms with E-state index in [4.69, 9.17) is 8.92 Å². The molecule has 18 heteroatoms. The van der Waals surface area contributed by atoms with Crippen LogP contribution < -0.4 is 0 Å². The number of unbranched alkanes of at least 4 members (excludes halogenated alkanes) is 12. The first-order valence-corrected chi connectivity index (χ1v) is 30.3. The highest BCUT2D eigenvalue weighted by Gasteiger charge is 2.75. The Bertz CT molecular complexity index is 1850. The molecule has 0 aromatic rings. The molecule has 6 saturated carbocycles. The molecule has 14 atom stereocenters. The van der Waals surface area contributed by atoms with E-state index in [9.17, 15) is 66.2 Å². The Balaban J connectivity index is 0.935. The Kier molecular flexibility index (Phi) is 20.2. The van der Waals surface area contributed by atoms with Gasteiger partial charge in [-0.15, -0.1) is 0 Å². The summed E-state index contributed by atoms with van der Waals surface area (Å²) in [5.41, 5.74) is -11.2. The van der Waals surface area contributed by atoms with Crippen LogP contribution in [0, 0.1) is 71.0 Å². The maximum absolute atomic E-state index is 14.7. The monoisotopic (exact) mass is 1100 g/mol. The third-order valence-corrected chi connectivity index (χ3v) is 22.1. The number of hydrogen-bond donors (Lipinski definition) is 1. The largest absolute Gasteiger partial charge is 0.426 e. The van der Waals surface area contributed by atoms with Gasteiger partial charge in [-0.3, -0.25) is 4.18 Å². The Morgan fingerprint density at radius 3 is 1.49 bits per heavy atom. The summed E-state index contributed by atoms with van der Waals surface area (Å²) < 4.78 is 207. The summed E-state index contributed by atoms with van der Waals surface area (Å²) in [6.07, 6.45) is -3.00. The minimum absolute atomic E-state index is 0.0285. The van der Waals surface area contributed by atoms with Crippen LogP contribution in [-0.2, 0) is 19.0 Å². The maximum atomic E-state index is 14.7. The molecule has 434 valence electrons. The molecule has 6 bridgehead atoms. The third-order valence-electron chi connectivity index (χ3n) is 20.1. The van der Waals surface area contributed by atoms with Crippen molar-refractivity contribution in [3.8, 4) is 0 Å². The van der Waals surface area contributed by atoms with E-state index < -0.39 is 87.2 Å². The molecular weight excluding hydrogens is 1010 g/mol. The fraction of sp³-hybridized carbons (Fsp3) is 1.00. The molecule has 0 aliphatic heterocycles. The van der Waals surface area contributed by atoms with Gasteiger partial charge in [0.2, 0.25) is 0 Å². The van der Waals surface area contributed by atoms with E-state index in [1.165, 1.54) is 20.8 Å². The van der Waals surface area contributed by atoms with Crippen LogP contribution in [0.25, 0.3) is 0 Å². The first kappa shape index (κ1) is 62.2. The first-order valence-electron chi connectivity index (χ1n) is 28.8. The second-order valence-corrected chi connectivity index (χ2v) is 27.9. The summed E-state index contributed by atoms with van der Waals surface area (Å²) in [7, 11) is -3.67. The van der Waals surface area contributed by atoms with Crippen LogP contribution in [0.4, 0.5) is 52.7 Å². The fourth-order valence-electron chi connectivity index (χ4n) is 16.6. The van der Waals surface area contributed by atoms with Crippen molar-refractivity contribution in [3.63, 3.8) is 0 Å². The van der Waals surface area contributed by atoms with Crippen molar-refractivity contribution in [2.45, 2.75) is 280 Å². The van der Waals surface area contributed by atoms with Crippen molar-refractivity contribution in [3.05, 3.63) is 0 Å². The molecule has 74 heavy (non-hydrogen) atoms. The molecule has 0 saturated heterocycles. The summed E-state index contributed by atoms with van der Waals surface area (Å²) in [5.74, 6) is -0.694. The second kappa shape index (κ2) is 24.0. The van der Waals surface area contributed by atoms with Crippen LogP contribution in [-0.4, -0.2) is 65.9 Å². The SMILES string of the molecule is CCC(CCCCCCCCCC1C2CC(CC(OC(C)(C)C)(C(F)(F)F)C(F)(F)F)C(C2)C1CCCCCCCCCC1C2CC(CC(O)(C(F)(F)F)C(F)(F)F)C(C2)C1C)S(=O)(=O)OC1(C)CC2CCC1C2. The van der Waals surface area contributed by atoms with Gasteiger partial charge >= 0.3 is 24.7 Å². The van der Waals surface area contributed by atoms with Gasteiger partial charge in [-0.05, 0) is 195 Å². The van der Waals surface area contributed by atoms with Crippen molar-refractivity contribution in [1.82, 2.24) is 0 Å². The fourth-order valence-corrected chi connectivity index (χ4v) is 18.3. The Morgan fingerprint density at radius 2 is 1.04 bits per heavy atom. The summed E-state index contributed by atoms with van der Waals surface area (Å²) in [5, 5.41) is 9.31. The summed E-state index contributed by atoms with van der Waals surface area (Å²) in [4.78, 5) is 0. The lowest BCUT2D eigenvalue weighted by Crippen LogP contribution is -2.62. The normalized spacial score (nSPS) is 33.2. The molecule has 0 aromatic heterocycles. The van der Waals surface area contributed by atoms with E-state index in [0.29, 0.717) is 43.9 Å². The van der Waals surface area contributed by atoms with Crippen LogP contribution in [0.5, 0.6) is 0 Å². The highest BCUT2D eigenvalue weighted by Crippen LogP contribution is 2.64. The lowest BCUT2D eigenvalue weighted by atomic mass is 9.67. The summed E-state index contributed by atoms with van der Waals surface area (Å²) in [6, 6.07) is 0. The third kappa shape index (κ3) is 14.1. The number of halogens is 12. The molecule has 0 radical (unpaired) electrons. The molecule has 0 amide bonds. The molecule has 0 heterocycles. The zero-order valence-corrected chi connectivity index (χ0v) is 45.9. The van der Waals surface area contributed by atoms with Crippen LogP contribution in [0.15, 0.2) is 0 Å². The van der Waals surface area contributed by atoms with Crippen LogP contribution in [0.2, 0.25) is 0 Å². The first-order chi connectivity index (χ1) is 34.2. The Labute approximate surface area is 435 Å². The van der Waals surface area contributed by atoms with Gasteiger partial charge < -0.3 is 9.84 Å². The molecular formula is C56H90F12O5S. The summed E-state index contributed by atoms with van der Waals surface area (Å²) in [6.45, 7) is 9.45. The van der Waals surface area contributed by atoms with Gasteiger partial charge in [0.25, 0.3) is 21.3 Å². The average molecular weight is 1100 g/mol. The van der Waals surface area contributed by atoms with Gasteiger partial charge in [0, 0.05) is 0 Å². The quantitative estimate of drug-likeness (QED) is 0.0459. The molecule has 6 fully saturated rings. The second-order valence-electron chi connectivity index (χ2n) is 26.1. The molecule has 14 unspecified atom stereocenters. The van der Waals surface area contributed by atoms with Crippen molar-refractivity contribution in [2.75, 3.05) is 0 Å². The van der Waals surface area contributed by atoms with Crippen molar-refractivity contribution >= 4 is 10.1 Å². The van der Waals surface area contributed by atoms with Gasteiger partial charge in [-0.1, -0.05) is 104 Å². The predicted molar refractivity (Wildman–Crippen MR) is 262 cm³/mol. The number of aliphatic hydroxyl groups is 1. The van der Waals surface area contributed by atoms with Crippen LogP contribution in [0.1, 0.15) is 228 Å². The smallest absolute Gasteiger partial charge is 0.374 e. The molecule has 1 N–H and O–H groups in total. The van der Waals surface area contributed by atoms with E-state index in [1.54, 1.807) is 0 Å². The minimum atomic E-state index is -5.81. The number of ether oxygens (including phenoxy) is 1. The van der Waals surface area contributed by atoms with E-state index in [2.05, 4.69) is 0 Å². The highest BCUT2D eigenvalue weighted by atomic mass is 32.2. The van der Waals surface area contributed by atoms with Crippen LogP contribution in [0.3, 0.4) is 0 Å². The van der Waals surface area contributed by atoms with Gasteiger partial charge in [-0.2, -0.15) is 61.1 Å². The number of alkyl halides is 12. The van der Waals surface area contributed by atoms with Crippen molar-refractivity contribution in [1.29, 1.82) is 0 Å². The highest BCUT2D eigenvalue weighted by molar-refractivity contribution is 7.87. The van der Waals surface area contributed by atoms with Crippen molar-refractivity contribution < 1.29 is 75.1 Å². The lowest BCUT2D eigenvalue weighted by molar-refractivity contribution is -0.404. The maximum Gasteiger partial charge on any atom is 0.426 e. The molecule has 6 aliphatic rings. The topological polar surface area (TPSA) is 72.8 Å². The van der Waals surface area contributed by atoms with Gasteiger partial charge in [-0.25, -0.2) is 0 Å². The molecule has 5 nitrogen and oxygen atoms in total. The zero-order chi connectivity index (χ0) is 54.9. The number of hydrogen-bond acceptors (Lipinski definition) is 5. The minimum Gasteiger partial charge on any atom is -0.374 e. The van der Waals surface area contributed by atoms with Gasteiger partial charge in [0.1, 0.15) is 0 Å². The van der Waals surface area contributed by atoms with Gasteiger partial charge in [0.15, 0.2) is 0 Å². The van der Waals surface area contributed by atoms with E-state index in [-0.39, 0.29) is 53.8 Å². The number of rotatable bonds is 29. The standard InChI is InChI=1S/C56H90F12O5S/c1-7-43(74(70,71)73-50(6)33-37-26-27-42(50)28-37)22-18-14-10-8-12-16-20-24-45-39-30-41(35-52(55(63,64)65,56(66,67)68)72-49(3,4)5)48(32-39)46(45)25-21-17-13-9-11-15-19-23-44-36(2)47-31-38(44)29-40(47)34-51(69,53(57,58)59)54(60,61)62/h36-48,69H,7-35H2,1-6H3. The predicted octanol–water partition coefficient (Wildman–Crippen LogP) is 17.8. The molecule has 6 aliphatic carbocycles. The van der Waals surface area contributed by atoms with Gasteiger partial charge in [0.05, 0.1) is 16.5 Å². The van der Waals surface area contributed by atoms with E-state index >= 15 is 0 Å². The van der Waals surface area contributed by atoms with Crippen molar-refractivity contribution in [2.24, 2.45) is 71.0 Å². The zero-order valence-electron chi connectivity index (χ0n) is 45.0. The van der Waals surface area contributed by atoms with E-state index in [1.807, 2.05) is 20.8 Å². The molecule has 6 rings (SSSR count). The Hall–Kier alpha value is -1.01. The number of fused-ring (bicyclic) bond motifs is 6. The average Bonchev–Trinajstić information content (AvgIpc) is 4.12. The summed E-state index contributed by atoms with van der Waals surface area (Å²) >= 11 is 0.